The number of amides is 1. The summed E-state index contributed by atoms with van der Waals surface area (Å²) in [7, 11) is 3.45. The molecule has 0 aliphatic carbocycles. The van der Waals surface area contributed by atoms with Gasteiger partial charge in [-0.15, -0.1) is 0 Å². The first-order valence-corrected chi connectivity index (χ1v) is 7.79. The zero-order valence-electron chi connectivity index (χ0n) is 14.4. The Bertz CT molecular complexity index is 763. The standard InChI is InChI=1S/C18H21N3O4/c1-13(20(2)12-14-6-4-9-17(10-14)25-3)18(22)19-15-7-5-8-16(11-15)21(23)24/h4-11,13H,12H2,1-3H3,(H,19,22)/t13-/m0/s1. The summed E-state index contributed by atoms with van der Waals surface area (Å²) in [4.78, 5) is 24.6. The van der Waals surface area contributed by atoms with Crippen molar-refractivity contribution >= 4 is 17.3 Å². The number of benzene rings is 2. The van der Waals surface area contributed by atoms with E-state index in [9.17, 15) is 14.9 Å². The quantitative estimate of drug-likeness (QED) is 0.617. The molecular weight excluding hydrogens is 322 g/mol. The van der Waals surface area contributed by atoms with Gasteiger partial charge in [-0.05, 0) is 37.7 Å². The number of ether oxygens (including phenoxy) is 1. The summed E-state index contributed by atoms with van der Waals surface area (Å²) >= 11 is 0. The summed E-state index contributed by atoms with van der Waals surface area (Å²) < 4.78 is 5.20. The zero-order valence-corrected chi connectivity index (χ0v) is 14.4. The Balaban J connectivity index is 2.01. The van der Waals surface area contributed by atoms with Crippen molar-refractivity contribution in [2.24, 2.45) is 0 Å². The van der Waals surface area contributed by atoms with Gasteiger partial charge in [0.1, 0.15) is 5.75 Å². The molecule has 0 saturated carbocycles. The third-order valence-electron chi connectivity index (χ3n) is 3.93. The number of hydrogen-bond donors (Lipinski definition) is 1. The molecule has 0 aromatic heterocycles. The molecule has 1 N–H and O–H groups in total. The van der Waals surface area contributed by atoms with E-state index >= 15 is 0 Å². The van der Waals surface area contributed by atoms with Crippen LogP contribution in [0.5, 0.6) is 5.75 Å². The molecule has 0 saturated heterocycles. The molecule has 2 aromatic rings. The second kappa shape index (κ2) is 8.25. The van der Waals surface area contributed by atoms with Gasteiger partial charge in [0.15, 0.2) is 0 Å². The Kier molecular flexibility index (Phi) is 6.08. The molecule has 0 fully saturated rings. The molecule has 0 radical (unpaired) electrons. The topological polar surface area (TPSA) is 84.7 Å². The van der Waals surface area contributed by atoms with E-state index in [-0.39, 0.29) is 11.6 Å². The number of carbonyl (C=O) groups is 1. The smallest absolute Gasteiger partial charge is 0.271 e. The van der Waals surface area contributed by atoms with E-state index in [0.29, 0.717) is 12.2 Å². The van der Waals surface area contributed by atoms with E-state index in [1.54, 1.807) is 26.2 Å². The fourth-order valence-corrected chi connectivity index (χ4v) is 2.34. The van der Waals surface area contributed by atoms with Crippen molar-refractivity contribution in [1.82, 2.24) is 4.90 Å². The molecule has 0 heterocycles. The molecule has 0 aliphatic heterocycles. The zero-order chi connectivity index (χ0) is 18.4. The van der Waals surface area contributed by atoms with Crippen LogP contribution < -0.4 is 10.1 Å². The maximum absolute atomic E-state index is 12.4. The van der Waals surface area contributed by atoms with Gasteiger partial charge in [0, 0.05) is 24.4 Å². The van der Waals surface area contributed by atoms with Crippen molar-refractivity contribution in [2.45, 2.75) is 19.5 Å². The Morgan fingerprint density at radius 3 is 2.68 bits per heavy atom. The Labute approximate surface area is 146 Å². The van der Waals surface area contributed by atoms with Crippen molar-refractivity contribution in [3.05, 3.63) is 64.2 Å². The molecule has 0 unspecified atom stereocenters. The number of carbonyl (C=O) groups excluding carboxylic acids is 1. The summed E-state index contributed by atoms with van der Waals surface area (Å²) in [5.74, 6) is 0.533. The van der Waals surface area contributed by atoms with Gasteiger partial charge in [0.2, 0.25) is 5.91 Å². The van der Waals surface area contributed by atoms with Crippen LogP contribution in [-0.4, -0.2) is 35.9 Å². The molecule has 7 nitrogen and oxygen atoms in total. The van der Waals surface area contributed by atoms with Crippen molar-refractivity contribution in [3.63, 3.8) is 0 Å². The lowest BCUT2D eigenvalue weighted by Crippen LogP contribution is -2.39. The number of nitro groups is 1. The highest BCUT2D eigenvalue weighted by atomic mass is 16.6. The largest absolute Gasteiger partial charge is 0.497 e. The van der Waals surface area contributed by atoms with Crippen LogP contribution in [0.1, 0.15) is 12.5 Å². The third-order valence-corrected chi connectivity index (χ3v) is 3.93. The minimum absolute atomic E-state index is 0.0600. The lowest BCUT2D eigenvalue weighted by molar-refractivity contribution is -0.384. The monoisotopic (exact) mass is 343 g/mol. The predicted molar refractivity (Wildman–Crippen MR) is 95.6 cm³/mol. The highest BCUT2D eigenvalue weighted by molar-refractivity contribution is 5.94. The molecule has 2 aromatic carbocycles. The SMILES string of the molecule is COc1cccc(CN(C)[C@@H](C)C(=O)Nc2cccc([N+](=O)[O-])c2)c1. The lowest BCUT2D eigenvalue weighted by Gasteiger charge is -2.24. The Morgan fingerprint density at radius 1 is 1.28 bits per heavy atom. The maximum Gasteiger partial charge on any atom is 0.271 e. The Morgan fingerprint density at radius 2 is 2.00 bits per heavy atom. The molecule has 0 bridgehead atoms. The van der Waals surface area contributed by atoms with Crippen molar-refractivity contribution in [2.75, 3.05) is 19.5 Å². The molecule has 1 atom stereocenters. The second-order valence-electron chi connectivity index (χ2n) is 5.74. The number of hydrogen-bond acceptors (Lipinski definition) is 5. The van der Waals surface area contributed by atoms with Gasteiger partial charge in [0.25, 0.3) is 5.69 Å². The minimum Gasteiger partial charge on any atom is -0.497 e. The summed E-state index contributed by atoms with van der Waals surface area (Å²) in [5.41, 5.74) is 1.37. The van der Waals surface area contributed by atoms with Crippen LogP contribution >= 0.6 is 0 Å². The van der Waals surface area contributed by atoms with Gasteiger partial charge in [-0.3, -0.25) is 19.8 Å². The highest BCUT2D eigenvalue weighted by Crippen LogP contribution is 2.18. The first-order valence-electron chi connectivity index (χ1n) is 7.79. The summed E-state index contributed by atoms with van der Waals surface area (Å²) in [6, 6.07) is 13.1. The number of nitrogens with zero attached hydrogens (tertiary/aromatic N) is 2. The third kappa shape index (κ3) is 5.02. The van der Waals surface area contributed by atoms with Gasteiger partial charge in [-0.1, -0.05) is 18.2 Å². The number of rotatable bonds is 7. The van der Waals surface area contributed by atoms with E-state index in [1.807, 2.05) is 36.2 Å². The van der Waals surface area contributed by atoms with Crippen LogP contribution in [0.3, 0.4) is 0 Å². The number of methoxy groups -OCH3 is 1. The summed E-state index contributed by atoms with van der Waals surface area (Å²) in [5, 5.41) is 13.5. The molecule has 2 rings (SSSR count). The predicted octanol–water partition coefficient (Wildman–Crippen LogP) is 3.06. The van der Waals surface area contributed by atoms with E-state index in [4.69, 9.17) is 4.74 Å². The van der Waals surface area contributed by atoms with Crippen LogP contribution in [-0.2, 0) is 11.3 Å². The molecule has 0 aliphatic rings. The van der Waals surface area contributed by atoms with E-state index in [0.717, 1.165) is 11.3 Å². The molecule has 7 heteroatoms. The number of anilines is 1. The van der Waals surface area contributed by atoms with Crippen LogP contribution in [0.2, 0.25) is 0 Å². The van der Waals surface area contributed by atoms with Crippen molar-refractivity contribution in [3.8, 4) is 5.75 Å². The van der Waals surface area contributed by atoms with Gasteiger partial charge in [-0.25, -0.2) is 0 Å². The van der Waals surface area contributed by atoms with Crippen LogP contribution in [0.15, 0.2) is 48.5 Å². The lowest BCUT2D eigenvalue weighted by atomic mass is 10.1. The van der Waals surface area contributed by atoms with E-state index in [2.05, 4.69) is 5.32 Å². The summed E-state index contributed by atoms with van der Waals surface area (Å²) in [6.07, 6.45) is 0. The van der Waals surface area contributed by atoms with Crippen molar-refractivity contribution in [1.29, 1.82) is 0 Å². The number of likely N-dealkylation sites (N-methyl/N-ethyl adjacent to an activating group) is 1. The molecule has 0 spiro atoms. The van der Waals surface area contributed by atoms with Crippen LogP contribution in [0.4, 0.5) is 11.4 Å². The molecule has 1 amide bonds. The van der Waals surface area contributed by atoms with E-state index in [1.165, 1.54) is 12.1 Å². The molecule has 132 valence electrons. The first kappa shape index (κ1) is 18.4. The summed E-state index contributed by atoms with van der Waals surface area (Å²) in [6.45, 7) is 2.35. The average molecular weight is 343 g/mol. The number of nitrogens with one attached hydrogen (secondary N) is 1. The normalized spacial score (nSPS) is 11.8. The fourth-order valence-electron chi connectivity index (χ4n) is 2.34. The van der Waals surface area contributed by atoms with E-state index < -0.39 is 11.0 Å². The van der Waals surface area contributed by atoms with Gasteiger partial charge >= 0.3 is 0 Å². The molecular formula is C18H21N3O4. The van der Waals surface area contributed by atoms with Crippen LogP contribution in [0, 0.1) is 10.1 Å². The minimum atomic E-state index is -0.492. The van der Waals surface area contributed by atoms with Crippen molar-refractivity contribution < 1.29 is 14.5 Å². The highest BCUT2D eigenvalue weighted by Gasteiger charge is 2.19. The van der Waals surface area contributed by atoms with Gasteiger partial charge in [0.05, 0.1) is 18.1 Å². The van der Waals surface area contributed by atoms with Gasteiger partial charge in [-0.2, -0.15) is 0 Å². The maximum atomic E-state index is 12.4. The average Bonchev–Trinajstić information content (AvgIpc) is 2.61. The number of nitro benzene ring substituents is 1. The number of non-ortho nitro benzene ring substituents is 1. The Hall–Kier alpha value is -2.93. The van der Waals surface area contributed by atoms with Crippen LogP contribution in [0.25, 0.3) is 0 Å². The van der Waals surface area contributed by atoms with Gasteiger partial charge < -0.3 is 10.1 Å². The fraction of sp³-hybridized carbons (Fsp3) is 0.278. The second-order valence-corrected chi connectivity index (χ2v) is 5.74. The first-order chi connectivity index (χ1) is 11.9. The molecule has 25 heavy (non-hydrogen) atoms.